The molecule has 27 heteroatoms. The number of nitrogens with one attached hydrogen (secondary N) is 9. The highest BCUT2D eigenvalue weighted by Crippen LogP contribution is 2.20. The second-order valence-electron chi connectivity index (χ2n) is 21.8. The molecule has 0 saturated heterocycles. The van der Waals surface area contributed by atoms with Gasteiger partial charge in [0.05, 0.1) is 18.6 Å². The van der Waals surface area contributed by atoms with Crippen molar-refractivity contribution in [3.63, 3.8) is 0 Å². The number of aliphatic hydroxyl groups is 1. The Morgan fingerprint density at radius 3 is 1.43 bits per heavy atom. The number of fused-ring (bicyclic) bond motifs is 1. The van der Waals surface area contributed by atoms with Gasteiger partial charge < -0.3 is 79.4 Å². The third-order valence-electron chi connectivity index (χ3n) is 13.0. The Balaban J connectivity index is 1.95. The van der Waals surface area contributed by atoms with Crippen LogP contribution in [0, 0.1) is 17.8 Å². The molecule has 1 aromatic heterocycles. The summed E-state index contributed by atoms with van der Waals surface area (Å²) in [6, 6.07) is 1.72. The van der Waals surface area contributed by atoms with Crippen LogP contribution in [0.4, 0.5) is 0 Å². The minimum atomic E-state index is -2.10. The average molecular weight is 1160 g/mol. The molecular weight excluding hydrogens is 1080 g/mol. The van der Waals surface area contributed by atoms with Gasteiger partial charge in [0.15, 0.2) is 0 Å². The summed E-state index contributed by atoms with van der Waals surface area (Å²) >= 11 is 0. The predicted octanol–water partition coefficient (Wildman–Crippen LogP) is -0.633. The summed E-state index contributed by atoms with van der Waals surface area (Å²) < 4.78 is 0. The molecule has 3 aromatic rings. The number of H-pyrrole nitrogens is 1. The second-order valence-corrected chi connectivity index (χ2v) is 21.8. The SMILES string of the molecule is CC(C)C[C@H](NC(=O)[C@H](CC(C)C)NC(=O)[C@@H](NC(=O)[C@H](CCC(N)=O)NC(=O)[C@H](CC(=O)O)NC(=O)[C@H](CCC(=O)O)NC(=O)[C@H](Cc1c[nH]c2ccccc12)NC(=O)[C@H](CC(C)C)NC(=O)[C@@H](N)Cc1ccccc1)[C@@H](C)O)C(=O)O. The Kier molecular flexibility index (Phi) is 27.7. The Bertz CT molecular complexity index is 2750. The van der Waals surface area contributed by atoms with E-state index in [4.69, 9.17) is 11.5 Å². The number of hydrogen-bond acceptors (Lipinski definition) is 14. The second kappa shape index (κ2) is 33.5. The van der Waals surface area contributed by atoms with Gasteiger partial charge in [-0.2, -0.15) is 0 Å². The summed E-state index contributed by atoms with van der Waals surface area (Å²) in [4.78, 5) is 163. The highest BCUT2D eigenvalue weighted by atomic mass is 16.4. The highest BCUT2D eigenvalue weighted by Gasteiger charge is 2.37. The Morgan fingerprint density at radius 2 is 0.916 bits per heavy atom. The number of carboxylic acid groups (broad SMARTS) is 3. The van der Waals surface area contributed by atoms with Crippen LogP contribution in [0.5, 0.6) is 0 Å². The Hall–Kier alpha value is -8.46. The topological polar surface area (TPSA) is 450 Å². The molecule has 1 heterocycles. The van der Waals surface area contributed by atoms with Gasteiger partial charge in [-0.25, -0.2) is 4.79 Å². The number of benzene rings is 2. The van der Waals surface area contributed by atoms with Crippen molar-refractivity contribution < 1.29 is 78.0 Å². The van der Waals surface area contributed by atoms with Gasteiger partial charge in [0.1, 0.15) is 48.3 Å². The zero-order valence-electron chi connectivity index (χ0n) is 47.7. The molecule has 0 fully saturated rings. The van der Waals surface area contributed by atoms with Crippen LogP contribution < -0.4 is 54.0 Å². The van der Waals surface area contributed by atoms with E-state index >= 15 is 0 Å². The summed E-state index contributed by atoms with van der Waals surface area (Å²) in [5, 5.41) is 60.0. The zero-order chi connectivity index (χ0) is 62.2. The van der Waals surface area contributed by atoms with Crippen molar-refractivity contribution >= 4 is 82.0 Å². The quantitative estimate of drug-likeness (QED) is 0.0345. The molecule has 0 spiro atoms. The number of aromatic nitrogens is 1. The molecule has 9 amide bonds. The van der Waals surface area contributed by atoms with Crippen LogP contribution in [-0.4, -0.2) is 157 Å². The average Bonchev–Trinajstić information content (AvgIpc) is 3.84. The van der Waals surface area contributed by atoms with E-state index in [0.29, 0.717) is 16.5 Å². The van der Waals surface area contributed by atoms with Crippen LogP contribution in [0.1, 0.15) is 111 Å². The molecule has 0 saturated carbocycles. The molecule has 3 rings (SSSR count). The largest absolute Gasteiger partial charge is 0.481 e. The van der Waals surface area contributed by atoms with E-state index in [0.717, 1.165) is 12.5 Å². The molecule has 0 unspecified atom stereocenters. The first-order valence-electron chi connectivity index (χ1n) is 27.4. The summed E-state index contributed by atoms with van der Waals surface area (Å²) in [7, 11) is 0. The number of aromatic amines is 1. The first-order valence-corrected chi connectivity index (χ1v) is 27.4. The van der Waals surface area contributed by atoms with Crippen LogP contribution in [0.3, 0.4) is 0 Å². The normalized spacial score (nSPS) is 14.9. The molecule has 456 valence electrons. The molecule has 83 heavy (non-hydrogen) atoms. The number of aliphatic carboxylic acids is 3. The van der Waals surface area contributed by atoms with Crippen LogP contribution in [0.25, 0.3) is 10.9 Å². The number of amides is 9. The van der Waals surface area contributed by atoms with Crippen molar-refractivity contribution in [1.82, 2.24) is 47.5 Å². The number of rotatable bonds is 36. The number of aliphatic hydroxyl groups excluding tert-OH is 1. The van der Waals surface area contributed by atoms with Crippen LogP contribution >= 0.6 is 0 Å². The summed E-state index contributed by atoms with van der Waals surface area (Å²) in [5.74, 6) is -14.4. The number of primary amides is 1. The lowest BCUT2D eigenvalue weighted by molar-refractivity contribution is -0.143. The molecular formula is C56H81N11O16. The summed E-state index contributed by atoms with van der Waals surface area (Å²) in [5.41, 5.74) is 13.6. The number of para-hydroxylation sites is 1. The van der Waals surface area contributed by atoms with Crippen molar-refractivity contribution in [3.05, 3.63) is 71.9 Å². The van der Waals surface area contributed by atoms with E-state index in [2.05, 4.69) is 47.5 Å². The maximum absolute atomic E-state index is 14.5. The Labute approximate surface area is 480 Å². The van der Waals surface area contributed by atoms with Crippen molar-refractivity contribution in [2.24, 2.45) is 29.2 Å². The van der Waals surface area contributed by atoms with Crippen molar-refractivity contribution in [1.29, 1.82) is 0 Å². The van der Waals surface area contributed by atoms with Crippen molar-refractivity contribution in [3.8, 4) is 0 Å². The number of nitrogens with two attached hydrogens (primary N) is 2. The third-order valence-corrected chi connectivity index (χ3v) is 13.0. The summed E-state index contributed by atoms with van der Waals surface area (Å²) in [6.07, 6.45) is -3.88. The minimum Gasteiger partial charge on any atom is -0.481 e. The van der Waals surface area contributed by atoms with Crippen LogP contribution in [-0.2, 0) is 70.4 Å². The maximum Gasteiger partial charge on any atom is 0.326 e. The standard InChI is InChI=1S/C56H81N11O16/c1-28(2)21-39(62-48(74)35(57)24-32-13-9-8-10-14-32)51(77)63-41(25-33-27-59-36-16-12-11-15-34(33)36)53(79)61-38(18-20-45(70)71)49(75)64-42(26-46(72)73)54(80)60-37(17-19-44(58)69)50(76)67-47(31(7)68)55(81)65-40(22-29(3)4)52(78)66-43(56(82)83)23-30(5)6/h8-16,27-31,35,37-43,47,59,68H,17-26,57H2,1-7H3,(H2,58,69)(H,60,80)(H,61,79)(H,62,74)(H,63,77)(H,64,75)(H,65,81)(H,66,78)(H,67,76)(H,70,71)(H,72,73)(H,82,83)/t31-,35+,37+,38+,39+,40+,41+,42+,43+,47+/m1/s1. The molecule has 0 aliphatic rings. The first kappa shape index (κ1) is 68.8. The fourth-order valence-electron chi connectivity index (χ4n) is 8.83. The van der Waals surface area contributed by atoms with E-state index in [1.807, 2.05) is 0 Å². The Morgan fingerprint density at radius 1 is 0.482 bits per heavy atom. The smallest absolute Gasteiger partial charge is 0.326 e. The maximum atomic E-state index is 14.5. The zero-order valence-corrected chi connectivity index (χ0v) is 47.7. The van der Waals surface area contributed by atoms with E-state index in [1.54, 1.807) is 102 Å². The van der Waals surface area contributed by atoms with Gasteiger partial charge in [0.25, 0.3) is 0 Å². The number of carbonyl (C=O) groups excluding carboxylic acids is 9. The fourth-order valence-corrected chi connectivity index (χ4v) is 8.83. The van der Waals surface area contributed by atoms with E-state index in [-0.39, 0.29) is 49.9 Å². The van der Waals surface area contributed by atoms with E-state index in [1.165, 1.54) is 0 Å². The van der Waals surface area contributed by atoms with Gasteiger partial charge in [0, 0.05) is 36.4 Å². The van der Waals surface area contributed by atoms with Gasteiger partial charge in [-0.1, -0.05) is 90.1 Å². The monoisotopic (exact) mass is 1160 g/mol. The van der Waals surface area contributed by atoms with Gasteiger partial charge in [0.2, 0.25) is 53.2 Å². The van der Waals surface area contributed by atoms with E-state index < -0.39 is 164 Å². The molecule has 27 nitrogen and oxygen atoms in total. The highest BCUT2D eigenvalue weighted by molar-refractivity contribution is 5.99. The lowest BCUT2D eigenvalue weighted by Crippen LogP contribution is -2.62. The fraction of sp³-hybridized carbons (Fsp3) is 0.536. The summed E-state index contributed by atoms with van der Waals surface area (Å²) in [6.45, 7) is 11.6. The number of carbonyl (C=O) groups is 12. The lowest BCUT2D eigenvalue weighted by atomic mass is 9.99. The molecule has 17 N–H and O–H groups in total. The van der Waals surface area contributed by atoms with Crippen LogP contribution in [0.15, 0.2) is 60.8 Å². The van der Waals surface area contributed by atoms with Gasteiger partial charge in [-0.15, -0.1) is 0 Å². The van der Waals surface area contributed by atoms with Gasteiger partial charge in [-0.05, 0) is 80.4 Å². The molecule has 0 aliphatic carbocycles. The third kappa shape index (κ3) is 23.9. The molecule has 10 atom stereocenters. The first-order chi connectivity index (χ1) is 38.9. The number of carboxylic acids is 3. The minimum absolute atomic E-state index is 0.0189. The molecule has 0 radical (unpaired) electrons. The molecule has 0 bridgehead atoms. The van der Waals surface area contributed by atoms with Crippen LogP contribution in [0.2, 0.25) is 0 Å². The molecule has 0 aliphatic heterocycles. The molecule has 2 aromatic carbocycles. The number of hydrogen-bond donors (Lipinski definition) is 15. The van der Waals surface area contributed by atoms with E-state index in [9.17, 15) is 78.0 Å². The lowest BCUT2D eigenvalue weighted by Gasteiger charge is -2.29. The van der Waals surface area contributed by atoms with Gasteiger partial charge >= 0.3 is 17.9 Å². The predicted molar refractivity (Wildman–Crippen MR) is 301 cm³/mol. The van der Waals surface area contributed by atoms with Crippen molar-refractivity contribution in [2.45, 2.75) is 173 Å². The van der Waals surface area contributed by atoms with Crippen molar-refractivity contribution in [2.75, 3.05) is 0 Å². The van der Waals surface area contributed by atoms with Gasteiger partial charge in [-0.3, -0.25) is 52.7 Å².